The molecule has 5 heteroatoms. The number of rotatable bonds is 3. The quantitative estimate of drug-likeness (QED) is 0.404. The molecule has 1 saturated carbocycles. The highest BCUT2D eigenvalue weighted by Crippen LogP contribution is 2.58. The summed E-state index contributed by atoms with van der Waals surface area (Å²) in [6, 6.07) is 0. The van der Waals surface area contributed by atoms with Crippen LogP contribution in [0.3, 0.4) is 0 Å². The minimum atomic E-state index is -0.832. The zero-order chi connectivity index (χ0) is 24.3. The van der Waals surface area contributed by atoms with Crippen LogP contribution >= 0.6 is 0 Å². The number of hydrogen-bond donors (Lipinski definition) is 0. The van der Waals surface area contributed by atoms with Crippen molar-refractivity contribution in [1.29, 1.82) is 0 Å². The van der Waals surface area contributed by atoms with Crippen LogP contribution in [0.5, 0.6) is 0 Å². The first kappa shape index (κ1) is 27.0. The summed E-state index contributed by atoms with van der Waals surface area (Å²) in [5.41, 5.74) is 0.570. The van der Waals surface area contributed by atoms with Gasteiger partial charge < -0.3 is 14.2 Å². The van der Waals surface area contributed by atoms with Gasteiger partial charge in [0.05, 0.1) is 24.0 Å². The van der Waals surface area contributed by atoms with Crippen molar-refractivity contribution in [3.63, 3.8) is 0 Å². The second-order valence-electron chi connectivity index (χ2n) is 11.2. The molecule has 2 unspecified atom stereocenters. The first-order valence-corrected chi connectivity index (χ1v) is 12.3. The highest BCUT2D eigenvalue weighted by molar-refractivity contribution is 5.88. The topological polar surface area (TPSA) is 61.8 Å². The number of carbonyl (C=O) groups excluding carboxylic acids is 2. The zero-order valence-electron chi connectivity index (χ0n) is 21.8. The number of allylic oxidation sites excluding steroid dienone is 1. The van der Waals surface area contributed by atoms with Gasteiger partial charge in [-0.1, -0.05) is 47.1 Å². The molecule has 0 aromatic rings. The SMILES string of the molecule is C/C=C(\C)[C@@H]1C[C@@H]2C[C@]2(C)CCC[C@H](C)C(OC)[C@@H](C)C(=O)C(C)(C)C(OC)CC(=O)O1. The summed E-state index contributed by atoms with van der Waals surface area (Å²) in [4.78, 5) is 26.5. The minimum Gasteiger partial charge on any atom is -0.458 e. The van der Waals surface area contributed by atoms with Gasteiger partial charge in [-0.25, -0.2) is 0 Å². The molecule has 0 radical (unpaired) electrons. The standard InChI is InChI=1S/C27H46O5/c1-10-17(2)21-14-20-16-27(20,7)13-11-12-18(3)24(31-9)19(4)25(29)26(5,6)22(30-8)15-23(28)32-21/h10,18-22,24H,11-16H2,1-9H3/b17-10+/t18-,19+,20+,21-,22?,24?,27-/m0/s1. The van der Waals surface area contributed by atoms with E-state index >= 15 is 0 Å². The van der Waals surface area contributed by atoms with Crippen molar-refractivity contribution in [2.24, 2.45) is 28.6 Å². The third-order valence-electron chi connectivity index (χ3n) is 8.50. The molecule has 32 heavy (non-hydrogen) atoms. The Morgan fingerprint density at radius 2 is 1.78 bits per heavy atom. The monoisotopic (exact) mass is 450 g/mol. The number of carbonyl (C=O) groups is 2. The predicted octanol–water partition coefficient (Wildman–Crippen LogP) is 5.75. The van der Waals surface area contributed by atoms with E-state index < -0.39 is 11.5 Å². The fourth-order valence-electron chi connectivity index (χ4n) is 5.76. The summed E-state index contributed by atoms with van der Waals surface area (Å²) < 4.78 is 17.5. The van der Waals surface area contributed by atoms with Crippen LogP contribution < -0.4 is 0 Å². The van der Waals surface area contributed by atoms with Crippen molar-refractivity contribution in [1.82, 2.24) is 0 Å². The van der Waals surface area contributed by atoms with Crippen molar-refractivity contribution < 1.29 is 23.8 Å². The molecule has 5 nitrogen and oxygen atoms in total. The van der Waals surface area contributed by atoms with E-state index in [-0.39, 0.29) is 42.2 Å². The third kappa shape index (κ3) is 6.02. The predicted molar refractivity (Wildman–Crippen MR) is 127 cm³/mol. The Morgan fingerprint density at radius 1 is 1.12 bits per heavy atom. The second kappa shape index (κ2) is 10.8. The molecule has 0 amide bonds. The maximum Gasteiger partial charge on any atom is 0.309 e. The van der Waals surface area contributed by atoms with E-state index in [9.17, 15) is 9.59 Å². The zero-order valence-corrected chi connectivity index (χ0v) is 21.8. The smallest absolute Gasteiger partial charge is 0.309 e. The third-order valence-corrected chi connectivity index (χ3v) is 8.50. The molecule has 1 aliphatic heterocycles. The number of ketones is 1. The van der Waals surface area contributed by atoms with Crippen LogP contribution in [0.25, 0.3) is 0 Å². The van der Waals surface area contributed by atoms with E-state index in [2.05, 4.69) is 13.8 Å². The highest BCUT2D eigenvalue weighted by Gasteiger charge is 2.50. The number of hydrogen-bond acceptors (Lipinski definition) is 5. The molecule has 0 N–H and O–H groups in total. The van der Waals surface area contributed by atoms with Gasteiger partial charge in [0.1, 0.15) is 11.9 Å². The molecule has 2 fully saturated rings. The summed E-state index contributed by atoms with van der Waals surface area (Å²) in [5, 5.41) is 0. The van der Waals surface area contributed by atoms with E-state index in [0.717, 1.165) is 31.3 Å². The average molecular weight is 451 g/mol. The molecule has 0 aromatic carbocycles. The van der Waals surface area contributed by atoms with Crippen molar-refractivity contribution in [2.75, 3.05) is 14.2 Å². The lowest BCUT2D eigenvalue weighted by molar-refractivity contribution is -0.156. The van der Waals surface area contributed by atoms with Gasteiger partial charge in [-0.3, -0.25) is 9.59 Å². The Kier molecular flexibility index (Phi) is 9.14. The summed E-state index contributed by atoms with van der Waals surface area (Å²) in [6.45, 7) is 14.3. The normalized spacial score (nSPS) is 39.8. The first-order chi connectivity index (χ1) is 14.9. The van der Waals surface area contributed by atoms with Crippen molar-refractivity contribution in [2.45, 2.75) is 105 Å². The maximum atomic E-state index is 13.6. The van der Waals surface area contributed by atoms with Crippen molar-refractivity contribution in [3.8, 4) is 0 Å². The minimum absolute atomic E-state index is 0.0601. The molecule has 0 spiro atoms. The van der Waals surface area contributed by atoms with Crippen LogP contribution in [0.1, 0.15) is 87.0 Å². The van der Waals surface area contributed by atoms with Gasteiger partial charge in [-0.05, 0) is 62.4 Å². The number of esters is 1. The Labute approximate surface area is 195 Å². The largest absolute Gasteiger partial charge is 0.458 e. The second-order valence-corrected chi connectivity index (χ2v) is 11.2. The molecule has 1 heterocycles. The van der Waals surface area contributed by atoms with Gasteiger partial charge >= 0.3 is 5.97 Å². The number of Topliss-reactive ketones (excluding diaryl/α,β-unsaturated/α-hetero) is 1. The van der Waals surface area contributed by atoms with Crippen LogP contribution in [0.15, 0.2) is 11.6 Å². The summed E-state index contributed by atoms with van der Waals surface area (Å²) in [7, 11) is 3.26. The molecular weight excluding hydrogens is 404 g/mol. The van der Waals surface area contributed by atoms with Crippen LogP contribution in [0.2, 0.25) is 0 Å². The Morgan fingerprint density at radius 3 is 2.34 bits per heavy atom. The Bertz CT molecular complexity index is 696. The summed E-state index contributed by atoms with van der Waals surface area (Å²) >= 11 is 0. The average Bonchev–Trinajstić information content (AvgIpc) is 3.38. The maximum absolute atomic E-state index is 13.6. The summed E-state index contributed by atoms with van der Waals surface area (Å²) in [5.74, 6) is 0.342. The van der Waals surface area contributed by atoms with E-state index in [1.165, 1.54) is 6.42 Å². The van der Waals surface area contributed by atoms with Gasteiger partial charge in [-0.15, -0.1) is 0 Å². The molecule has 1 aliphatic carbocycles. The lowest BCUT2D eigenvalue weighted by Crippen LogP contribution is -2.47. The first-order valence-electron chi connectivity index (χ1n) is 12.3. The number of ether oxygens (including phenoxy) is 3. The lowest BCUT2D eigenvalue weighted by Gasteiger charge is -2.37. The van der Waals surface area contributed by atoms with E-state index in [0.29, 0.717) is 11.3 Å². The van der Waals surface area contributed by atoms with E-state index in [4.69, 9.17) is 14.2 Å². The molecule has 2 rings (SSSR count). The molecular formula is C27H46O5. The van der Waals surface area contributed by atoms with Gasteiger partial charge in [0.2, 0.25) is 0 Å². The molecule has 1 saturated heterocycles. The Balaban J connectivity index is 2.34. The number of methoxy groups -OCH3 is 2. The molecule has 184 valence electrons. The molecule has 0 aromatic heterocycles. The van der Waals surface area contributed by atoms with Crippen LogP contribution in [0, 0.1) is 28.6 Å². The van der Waals surface area contributed by atoms with Gasteiger partial charge in [0, 0.05) is 20.1 Å². The van der Waals surface area contributed by atoms with Crippen LogP contribution in [-0.4, -0.2) is 44.3 Å². The molecule has 2 aliphatic rings. The summed E-state index contributed by atoms with van der Waals surface area (Å²) in [6.07, 6.45) is 6.55. The number of cyclic esters (lactones) is 1. The number of fused-ring (bicyclic) bond motifs is 1. The molecule has 0 bridgehead atoms. The fourth-order valence-corrected chi connectivity index (χ4v) is 5.76. The lowest BCUT2D eigenvalue weighted by atomic mass is 9.72. The van der Waals surface area contributed by atoms with Crippen LogP contribution in [0.4, 0.5) is 0 Å². The van der Waals surface area contributed by atoms with Gasteiger partial charge in [0.25, 0.3) is 0 Å². The van der Waals surface area contributed by atoms with Gasteiger partial charge in [0.15, 0.2) is 0 Å². The van der Waals surface area contributed by atoms with Crippen molar-refractivity contribution >= 4 is 11.8 Å². The highest BCUT2D eigenvalue weighted by atomic mass is 16.5. The fraction of sp³-hybridized carbons (Fsp3) is 0.852. The van der Waals surface area contributed by atoms with Crippen molar-refractivity contribution in [3.05, 3.63) is 11.6 Å². The molecule has 7 atom stereocenters. The van der Waals surface area contributed by atoms with E-state index in [1.807, 2.05) is 40.7 Å². The van der Waals surface area contributed by atoms with Crippen LogP contribution in [-0.2, 0) is 23.8 Å². The van der Waals surface area contributed by atoms with Gasteiger partial charge in [-0.2, -0.15) is 0 Å². The Hall–Kier alpha value is -1.20. The van der Waals surface area contributed by atoms with E-state index in [1.54, 1.807) is 14.2 Å².